The van der Waals surface area contributed by atoms with E-state index in [0.29, 0.717) is 11.5 Å². The molecule has 128 valence electrons. The molecule has 0 amide bonds. The smallest absolute Gasteiger partial charge is 0.275 e. The summed E-state index contributed by atoms with van der Waals surface area (Å²) < 4.78 is 5.36. The fourth-order valence-corrected chi connectivity index (χ4v) is 3.17. The first-order valence-electron chi connectivity index (χ1n) is 8.51. The van der Waals surface area contributed by atoms with E-state index in [1.54, 1.807) is 6.20 Å². The third kappa shape index (κ3) is 3.25. The van der Waals surface area contributed by atoms with E-state index < -0.39 is 0 Å². The second-order valence-corrected chi connectivity index (χ2v) is 6.36. The second-order valence-electron chi connectivity index (χ2n) is 6.36. The van der Waals surface area contributed by atoms with Crippen LogP contribution in [0, 0.1) is 6.92 Å². The maximum atomic E-state index is 12.5. The molecule has 1 aromatic carbocycles. The number of nitrogens with one attached hydrogen (secondary N) is 2. The standard InChI is InChI=1S/C19H20N4O2/c1-12-4-2-3-5-15(12)16-10-13-11-20-19(23-17(13)18(24)22-16)21-14-6-8-25-9-7-14/h2-5,10-11,14H,6-9H2,1H3,(H,22,24)(H,20,21,23). The number of rotatable bonds is 3. The van der Waals surface area contributed by atoms with E-state index >= 15 is 0 Å². The molecule has 4 rings (SSSR count). The van der Waals surface area contributed by atoms with Gasteiger partial charge in [-0.2, -0.15) is 0 Å². The van der Waals surface area contributed by atoms with Crippen molar-refractivity contribution in [2.24, 2.45) is 0 Å². The molecule has 6 heteroatoms. The van der Waals surface area contributed by atoms with Gasteiger partial charge in [0.25, 0.3) is 5.56 Å². The number of H-pyrrole nitrogens is 1. The number of hydrogen-bond donors (Lipinski definition) is 2. The summed E-state index contributed by atoms with van der Waals surface area (Å²) in [6, 6.07) is 10.2. The Balaban J connectivity index is 1.70. The monoisotopic (exact) mass is 336 g/mol. The van der Waals surface area contributed by atoms with Gasteiger partial charge in [-0.25, -0.2) is 9.97 Å². The van der Waals surface area contributed by atoms with Crippen LogP contribution in [0.4, 0.5) is 5.95 Å². The van der Waals surface area contributed by atoms with Crippen molar-refractivity contribution < 1.29 is 4.74 Å². The van der Waals surface area contributed by atoms with Crippen molar-refractivity contribution in [1.82, 2.24) is 15.0 Å². The van der Waals surface area contributed by atoms with E-state index in [1.807, 2.05) is 37.3 Å². The third-order valence-electron chi connectivity index (χ3n) is 4.57. The van der Waals surface area contributed by atoms with Crippen molar-refractivity contribution in [3.8, 4) is 11.3 Å². The normalized spacial score (nSPS) is 15.4. The Bertz CT molecular complexity index is 961. The summed E-state index contributed by atoms with van der Waals surface area (Å²) in [5.41, 5.74) is 3.10. The first kappa shape index (κ1) is 15.8. The summed E-state index contributed by atoms with van der Waals surface area (Å²) in [6.07, 6.45) is 3.55. The van der Waals surface area contributed by atoms with Gasteiger partial charge in [-0.05, 0) is 31.4 Å². The molecule has 0 bridgehead atoms. The Labute approximate surface area is 145 Å². The number of nitrogens with zero attached hydrogens (tertiary/aromatic N) is 2. The predicted molar refractivity (Wildman–Crippen MR) is 97.8 cm³/mol. The van der Waals surface area contributed by atoms with Crippen LogP contribution in [0.25, 0.3) is 22.2 Å². The van der Waals surface area contributed by atoms with Crippen molar-refractivity contribution in [2.45, 2.75) is 25.8 Å². The molecule has 3 aromatic rings. The zero-order valence-electron chi connectivity index (χ0n) is 14.1. The maximum absolute atomic E-state index is 12.5. The Morgan fingerprint density at radius 2 is 2.04 bits per heavy atom. The van der Waals surface area contributed by atoms with Crippen molar-refractivity contribution in [1.29, 1.82) is 0 Å². The topological polar surface area (TPSA) is 79.9 Å². The highest BCUT2D eigenvalue weighted by molar-refractivity contribution is 5.82. The number of ether oxygens (including phenoxy) is 1. The zero-order valence-corrected chi connectivity index (χ0v) is 14.1. The molecule has 0 unspecified atom stereocenters. The van der Waals surface area contributed by atoms with Gasteiger partial charge in [0.2, 0.25) is 5.95 Å². The van der Waals surface area contributed by atoms with E-state index in [4.69, 9.17) is 4.74 Å². The number of aromatic amines is 1. The fraction of sp³-hybridized carbons (Fsp3) is 0.316. The molecule has 2 N–H and O–H groups in total. The SMILES string of the molecule is Cc1ccccc1-c1cc2cnc(NC3CCOCC3)nc2c(=O)[nH]1. The molecule has 25 heavy (non-hydrogen) atoms. The van der Waals surface area contributed by atoms with Gasteiger partial charge < -0.3 is 15.0 Å². The summed E-state index contributed by atoms with van der Waals surface area (Å²) in [4.78, 5) is 24.3. The van der Waals surface area contributed by atoms with E-state index in [1.165, 1.54) is 0 Å². The molecule has 1 saturated heterocycles. The molecule has 2 aromatic heterocycles. The minimum absolute atomic E-state index is 0.201. The summed E-state index contributed by atoms with van der Waals surface area (Å²) in [6.45, 7) is 3.51. The first-order valence-corrected chi connectivity index (χ1v) is 8.51. The molecule has 1 fully saturated rings. The average molecular weight is 336 g/mol. The van der Waals surface area contributed by atoms with Gasteiger partial charge in [0.05, 0.1) is 0 Å². The highest BCUT2D eigenvalue weighted by atomic mass is 16.5. The van der Waals surface area contributed by atoms with Crippen molar-refractivity contribution in [3.63, 3.8) is 0 Å². The number of pyridine rings is 1. The number of benzene rings is 1. The van der Waals surface area contributed by atoms with Crippen LogP contribution in [0.2, 0.25) is 0 Å². The summed E-state index contributed by atoms with van der Waals surface area (Å²) in [5.74, 6) is 0.494. The lowest BCUT2D eigenvalue weighted by atomic mass is 10.0. The fourth-order valence-electron chi connectivity index (χ4n) is 3.17. The molecule has 1 aliphatic rings. The Morgan fingerprint density at radius 3 is 2.84 bits per heavy atom. The lowest BCUT2D eigenvalue weighted by molar-refractivity contribution is 0.0903. The number of aryl methyl sites for hydroxylation is 1. The number of anilines is 1. The van der Waals surface area contributed by atoms with Crippen molar-refractivity contribution in [2.75, 3.05) is 18.5 Å². The first-order chi connectivity index (χ1) is 12.2. The zero-order chi connectivity index (χ0) is 17.2. The quantitative estimate of drug-likeness (QED) is 0.769. The van der Waals surface area contributed by atoms with Crippen molar-refractivity contribution in [3.05, 3.63) is 52.4 Å². The second kappa shape index (κ2) is 6.64. The van der Waals surface area contributed by atoms with E-state index in [9.17, 15) is 4.79 Å². The van der Waals surface area contributed by atoms with E-state index in [2.05, 4.69) is 20.3 Å². The summed E-state index contributed by atoms with van der Waals surface area (Å²) in [7, 11) is 0. The molecule has 0 aliphatic carbocycles. The predicted octanol–water partition coefficient (Wildman–Crippen LogP) is 2.88. The van der Waals surface area contributed by atoms with Crippen LogP contribution < -0.4 is 10.9 Å². The average Bonchev–Trinajstić information content (AvgIpc) is 2.63. The summed E-state index contributed by atoms with van der Waals surface area (Å²) >= 11 is 0. The largest absolute Gasteiger partial charge is 0.381 e. The van der Waals surface area contributed by atoms with Gasteiger partial charge in [0.1, 0.15) is 5.52 Å². The molecule has 0 atom stereocenters. The molecule has 3 heterocycles. The number of hydrogen-bond acceptors (Lipinski definition) is 5. The van der Waals surface area contributed by atoms with Crippen LogP contribution in [0.15, 0.2) is 41.3 Å². The van der Waals surface area contributed by atoms with E-state index in [0.717, 1.165) is 48.3 Å². The maximum Gasteiger partial charge on any atom is 0.275 e. The van der Waals surface area contributed by atoms with Crippen molar-refractivity contribution >= 4 is 16.9 Å². The van der Waals surface area contributed by atoms with Gasteiger partial charge in [0.15, 0.2) is 0 Å². The van der Waals surface area contributed by atoms with Gasteiger partial charge in [0, 0.05) is 42.1 Å². The third-order valence-corrected chi connectivity index (χ3v) is 4.57. The molecule has 0 radical (unpaired) electrons. The molecule has 1 aliphatic heterocycles. The molecular formula is C19H20N4O2. The Morgan fingerprint density at radius 1 is 1.24 bits per heavy atom. The lowest BCUT2D eigenvalue weighted by Gasteiger charge is -2.23. The molecular weight excluding hydrogens is 316 g/mol. The Hall–Kier alpha value is -2.73. The lowest BCUT2D eigenvalue weighted by Crippen LogP contribution is -2.28. The Kier molecular flexibility index (Phi) is 4.19. The highest BCUT2D eigenvalue weighted by Gasteiger charge is 2.15. The minimum Gasteiger partial charge on any atom is -0.381 e. The number of aromatic nitrogens is 3. The van der Waals surface area contributed by atoms with E-state index in [-0.39, 0.29) is 11.6 Å². The summed E-state index contributed by atoms with van der Waals surface area (Å²) in [5, 5.41) is 4.04. The van der Waals surface area contributed by atoms with Gasteiger partial charge in [-0.3, -0.25) is 4.79 Å². The van der Waals surface area contributed by atoms with Gasteiger partial charge in [-0.1, -0.05) is 24.3 Å². The highest BCUT2D eigenvalue weighted by Crippen LogP contribution is 2.22. The van der Waals surface area contributed by atoms with Crippen LogP contribution in [0.1, 0.15) is 18.4 Å². The van der Waals surface area contributed by atoms with Crippen LogP contribution in [-0.2, 0) is 4.74 Å². The minimum atomic E-state index is -0.201. The van der Waals surface area contributed by atoms with Crippen LogP contribution in [-0.4, -0.2) is 34.2 Å². The van der Waals surface area contributed by atoms with Crippen LogP contribution in [0.3, 0.4) is 0 Å². The number of fused-ring (bicyclic) bond motifs is 1. The van der Waals surface area contributed by atoms with Gasteiger partial charge in [-0.15, -0.1) is 0 Å². The molecule has 0 saturated carbocycles. The molecule has 0 spiro atoms. The van der Waals surface area contributed by atoms with Gasteiger partial charge >= 0.3 is 0 Å². The van der Waals surface area contributed by atoms with Crippen LogP contribution in [0.5, 0.6) is 0 Å². The molecule has 6 nitrogen and oxygen atoms in total. The van der Waals surface area contributed by atoms with Crippen LogP contribution >= 0.6 is 0 Å².